The van der Waals surface area contributed by atoms with Crippen molar-refractivity contribution in [3.05, 3.63) is 55.7 Å². The van der Waals surface area contributed by atoms with E-state index in [2.05, 4.69) is 83.3 Å². The number of halogens is 6. The minimum atomic E-state index is -5.50. The van der Waals surface area contributed by atoms with Crippen molar-refractivity contribution in [1.29, 1.82) is 0 Å². The number of alkyl halides is 4. The highest BCUT2D eigenvalue weighted by molar-refractivity contribution is 14.1. The van der Waals surface area contributed by atoms with Gasteiger partial charge in [0, 0.05) is 7.14 Å². The van der Waals surface area contributed by atoms with E-state index in [1.165, 1.54) is 84.2 Å². The largest absolute Gasteiger partial charge is 0.559 e. The van der Waals surface area contributed by atoms with E-state index in [9.17, 15) is 17.6 Å². The number of benzene rings is 2. The van der Waals surface area contributed by atoms with Crippen LogP contribution in [0.15, 0.2) is 48.5 Å². The number of hydrogen-bond acceptors (Lipinski definition) is 2. The van der Waals surface area contributed by atoms with Crippen molar-refractivity contribution in [2.45, 2.75) is 97.3 Å². The predicted molar refractivity (Wildman–Crippen MR) is 163 cm³/mol. The summed E-state index contributed by atoms with van der Waals surface area (Å²) in [7, 11) is 0. The summed E-state index contributed by atoms with van der Waals surface area (Å²) in [6.07, 6.45) is 10.3. The molecule has 0 aromatic heterocycles. The summed E-state index contributed by atoms with van der Waals surface area (Å²) in [5.41, 5.74) is 0. The average molecular weight is 752 g/mol. The SMILES string of the molecule is CCCCCCCCOc1ccc(I)cc1.CCCCCCCCOc1ccc(I)cc1.FC(F)(F)F. The number of unbranched alkanes of at least 4 members (excludes halogenated alkanes) is 10. The van der Waals surface area contributed by atoms with Gasteiger partial charge in [-0.15, -0.1) is 17.6 Å². The third kappa shape index (κ3) is 28.1. The van der Waals surface area contributed by atoms with Crippen molar-refractivity contribution >= 4 is 45.2 Å². The molecule has 212 valence electrons. The number of ether oxygens (including phenoxy) is 2. The van der Waals surface area contributed by atoms with Crippen LogP contribution in [-0.2, 0) is 0 Å². The fraction of sp³-hybridized carbons (Fsp3) is 0.586. The van der Waals surface area contributed by atoms with E-state index < -0.39 is 6.43 Å². The second kappa shape index (κ2) is 24.3. The van der Waals surface area contributed by atoms with E-state index in [4.69, 9.17) is 9.47 Å². The van der Waals surface area contributed by atoms with Crippen molar-refractivity contribution < 1.29 is 27.0 Å². The van der Waals surface area contributed by atoms with Crippen LogP contribution in [0.4, 0.5) is 17.6 Å². The first-order valence-corrected chi connectivity index (χ1v) is 15.3. The van der Waals surface area contributed by atoms with Gasteiger partial charge in [-0.25, -0.2) is 0 Å². The summed E-state index contributed by atoms with van der Waals surface area (Å²) in [4.78, 5) is 0. The van der Waals surface area contributed by atoms with Gasteiger partial charge >= 0.3 is 6.43 Å². The van der Waals surface area contributed by atoms with Gasteiger partial charge < -0.3 is 9.47 Å². The van der Waals surface area contributed by atoms with Gasteiger partial charge in [0.15, 0.2) is 0 Å². The summed E-state index contributed by atoms with van der Waals surface area (Å²) in [6, 6.07) is 16.5. The lowest BCUT2D eigenvalue weighted by atomic mass is 10.1. The second-order valence-corrected chi connectivity index (χ2v) is 11.1. The summed E-state index contributed by atoms with van der Waals surface area (Å²) in [5, 5.41) is 0. The molecule has 2 rings (SSSR count). The van der Waals surface area contributed by atoms with Crippen molar-refractivity contribution in [1.82, 2.24) is 0 Å². The third-order valence-corrected chi connectivity index (χ3v) is 6.60. The molecule has 0 unspecified atom stereocenters. The van der Waals surface area contributed by atoms with E-state index in [-0.39, 0.29) is 0 Å². The summed E-state index contributed by atoms with van der Waals surface area (Å²) in [5.74, 6) is 1.99. The standard InChI is InChI=1S/2C14H21IO.CF4/c2*1-2-3-4-5-6-7-12-16-14-10-8-13(15)9-11-14;2-1(3,4)5/h2*8-11H,2-7,12H2,1H3;. The maximum Gasteiger partial charge on any atom is 0.559 e. The Labute approximate surface area is 248 Å². The quantitative estimate of drug-likeness (QED) is 0.0966. The molecule has 0 heterocycles. The first-order valence-electron chi connectivity index (χ1n) is 13.2. The van der Waals surface area contributed by atoms with Crippen LogP contribution in [0.3, 0.4) is 0 Å². The topological polar surface area (TPSA) is 18.5 Å². The number of rotatable bonds is 16. The molecule has 2 aromatic carbocycles. The molecule has 0 N–H and O–H groups in total. The van der Waals surface area contributed by atoms with E-state index in [1.807, 2.05) is 24.3 Å². The van der Waals surface area contributed by atoms with Crippen LogP contribution in [0.2, 0.25) is 0 Å². The Morgan fingerprint density at radius 1 is 0.514 bits per heavy atom. The highest BCUT2D eigenvalue weighted by atomic mass is 127. The third-order valence-electron chi connectivity index (χ3n) is 5.16. The van der Waals surface area contributed by atoms with Crippen molar-refractivity contribution in [2.75, 3.05) is 13.2 Å². The van der Waals surface area contributed by atoms with Gasteiger partial charge in [-0.1, -0.05) is 78.1 Å². The lowest BCUT2D eigenvalue weighted by molar-refractivity contribution is -0.237. The van der Waals surface area contributed by atoms with E-state index in [0.717, 1.165) is 24.7 Å². The molecular weight excluding hydrogens is 710 g/mol. The molecular formula is C29H42F4I2O2. The summed E-state index contributed by atoms with van der Waals surface area (Å²) < 4.78 is 52.6. The van der Waals surface area contributed by atoms with Crippen molar-refractivity contribution in [2.24, 2.45) is 0 Å². The van der Waals surface area contributed by atoms with Crippen LogP contribution in [0.5, 0.6) is 11.5 Å². The smallest absolute Gasteiger partial charge is 0.494 e. The zero-order chi connectivity index (χ0) is 27.8. The van der Waals surface area contributed by atoms with E-state index in [0.29, 0.717) is 0 Å². The first kappa shape index (κ1) is 36.2. The molecule has 0 amide bonds. The maximum atomic E-state index is 9.69. The molecule has 0 spiro atoms. The van der Waals surface area contributed by atoms with Crippen LogP contribution in [-0.4, -0.2) is 19.6 Å². The van der Waals surface area contributed by atoms with Gasteiger partial charge in [-0.2, -0.15) is 0 Å². The van der Waals surface area contributed by atoms with Crippen LogP contribution >= 0.6 is 45.2 Å². The normalized spacial score (nSPS) is 10.6. The predicted octanol–water partition coefficient (Wildman–Crippen LogP) is 11.5. The van der Waals surface area contributed by atoms with Gasteiger partial charge in [0.2, 0.25) is 0 Å². The average Bonchev–Trinajstić information content (AvgIpc) is 2.85. The Balaban J connectivity index is 0.000000594. The van der Waals surface area contributed by atoms with Crippen LogP contribution in [0.1, 0.15) is 90.9 Å². The molecule has 0 atom stereocenters. The molecule has 2 aromatic rings. The lowest BCUT2D eigenvalue weighted by Gasteiger charge is -2.05. The zero-order valence-electron chi connectivity index (χ0n) is 22.1. The first-order chi connectivity index (χ1) is 17.7. The molecule has 8 heteroatoms. The van der Waals surface area contributed by atoms with Crippen molar-refractivity contribution in [3.63, 3.8) is 0 Å². The molecule has 0 fully saturated rings. The molecule has 0 aliphatic carbocycles. The lowest BCUT2D eigenvalue weighted by Crippen LogP contribution is -1.97. The number of hydrogen-bond donors (Lipinski definition) is 0. The van der Waals surface area contributed by atoms with Gasteiger partial charge in [-0.3, -0.25) is 0 Å². The Kier molecular flexibility index (Phi) is 23.8. The zero-order valence-corrected chi connectivity index (χ0v) is 26.4. The van der Waals surface area contributed by atoms with Gasteiger partial charge in [-0.05, 0) is 107 Å². The van der Waals surface area contributed by atoms with E-state index in [1.54, 1.807) is 0 Å². The highest BCUT2D eigenvalue weighted by Crippen LogP contribution is 2.16. The van der Waals surface area contributed by atoms with Gasteiger partial charge in [0.25, 0.3) is 0 Å². The molecule has 0 saturated heterocycles. The molecule has 2 nitrogen and oxygen atoms in total. The highest BCUT2D eigenvalue weighted by Gasteiger charge is 2.24. The Bertz CT molecular complexity index is 688. The van der Waals surface area contributed by atoms with Crippen molar-refractivity contribution in [3.8, 4) is 11.5 Å². The molecule has 0 aliphatic heterocycles. The molecule has 37 heavy (non-hydrogen) atoms. The van der Waals surface area contributed by atoms with Crippen LogP contribution in [0.25, 0.3) is 0 Å². The van der Waals surface area contributed by atoms with Gasteiger partial charge in [0.1, 0.15) is 11.5 Å². The molecule has 0 saturated carbocycles. The minimum absolute atomic E-state index is 0.854. The van der Waals surface area contributed by atoms with Crippen LogP contribution < -0.4 is 9.47 Å². The minimum Gasteiger partial charge on any atom is -0.494 e. The molecule has 0 radical (unpaired) electrons. The second-order valence-electron chi connectivity index (χ2n) is 8.57. The summed E-state index contributed by atoms with van der Waals surface area (Å²) in [6.45, 7) is 6.21. The Morgan fingerprint density at radius 3 is 1.08 bits per heavy atom. The van der Waals surface area contributed by atoms with Gasteiger partial charge in [0.05, 0.1) is 13.2 Å². The fourth-order valence-corrected chi connectivity index (χ4v) is 3.93. The summed E-state index contributed by atoms with van der Waals surface area (Å²) >= 11 is 4.61. The molecule has 0 aliphatic rings. The monoisotopic (exact) mass is 752 g/mol. The Hall–Kier alpha value is -0.780. The van der Waals surface area contributed by atoms with Crippen LogP contribution in [0, 0.1) is 7.14 Å². The van der Waals surface area contributed by atoms with E-state index >= 15 is 0 Å². The Morgan fingerprint density at radius 2 is 0.784 bits per heavy atom. The maximum absolute atomic E-state index is 9.69. The molecule has 0 bridgehead atoms. The fourth-order valence-electron chi connectivity index (χ4n) is 3.21.